The second kappa shape index (κ2) is 7.50. The van der Waals surface area contributed by atoms with E-state index in [1.165, 1.54) is 18.2 Å². The summed E-state index contributed by atoms with van der Waals surface area (Å²) in [6.45, 7) is 2.04. The van der Waals surface area contributed by atoms with Crippen LogP contribution in [0.4, 0.5) is 10.1 Å². The number of piperidine rings is 1. The van der Waals surface area contributed by atoms with Gasteiger partial charge in [-0.05, 0) is 85.3 Å². The molecule has 28 heavy (non-hydrogen) atoms. The molecule has 0 saturated carbocycles. The van der Waals surface area contributed by atoms with Gasteiger partial charge >= 0.3 is 0 Å². The zero-order valence-corrected chi connectivity index (χ0v) is 17.8. The number of aromatic amines is 1. The summed E-state index contributed by atoms with van der Waals surface area (Å²) in [5.74, 6) is -0.416. The standard InChI is InChI=1S/C20H21BrFN3O2S/c1-25-9-7-14(8-10-25)23-15-3-2-4-16(12-15)28(26,27)20-19(21)17-11-13(22)5-6-18(17)24-20/h2-6,11-12,14,23-24H,7-10H2,1H3. The number of anilines is 1. The SMILES string of the molecule is CN1CCC(Nc2cccc(S(=O)(=O)c3[nH]c4ccc(F)cc4c3Br)c2)CC1. The van der Waals surface area contributed by atoms with Crippen molar-refractivity contribution in [2.45, 2.75) is 28.8 Å². The molecule has 0 radical (unpaired) electrons. The number of sulfone groups is 1. The van der Waals surface area contributed by atoms with Crippen LogP contribution in [0.15, 0.2) is 56.9 Å². The lowest BCUT2D eigenvalue weighted by Gasteiger charge is -2.30. The van der Waals surface area contributed by atoms with Crippen LogP contribution in [0.5, 0.6) is 0 Å². The summed E-state index contributed by atoms with van der Waals surface area (Å²) < 4.78 is 40.3. The molecule has 2 aromatic carbocycles. The maximum atomic E-state index is 13.5. The molecule has 3 aromatic rings. The topological polar surface area (TPSA) is 65.2 Å². The molecule has 0 spiro atoms. The van der Waals surface area contributed by atoms with Crippen LogP contribution in [0.3, 0.4) is 0 Å². The van der Waals surface area contributed by atoms with Gasteiger partial charge in [-0.25, -0.2) is 12.8 Å². The van der Waals surface area contributed by atoms with Gasteiger partial charge < -0.3 is 15.2 Å². The van der Waals surface area contributed by atoms with Gasteiger partial charge in [-0.1, -0.05) is 6.07 Å². The van der Waals surface area contributed by atoms with E-state index in [-0.39, 0.29) is 9.92 Å². The first-order chi connectivity index (χ1) is 13.3. The molecule has 1 saturated heterocycles. The van der Waals surface area contributed by atoms with Gasteiger partial charge in [-0.2, -0.15) is 0 Å². The molecule has 5 nitrogen and oxygen atoms in total. The second-order valence-corrected chi connectivity index (χ2v) is 9.89. The third-order valence-corrected chi connectivity index (χ3v) is 7.97. The summed E-state index contributed by atoms with van der Waals surface area (Å²) in [6, 6.07) is 11.3. The fraction of sp³-hybridized carbons (Fsp3) is 0.300. The number of nitrogens with one attached hydrogen (secondary N) is 2. The number of halogens is 2. The molecular formula is C20H21BrFN3O2S. The number of aromatic nitrogens is 1. The van der Waals surface area contributed by atoms with Gasteiger partial charge in [0.1, 0.15) is 5.82 Å². The van der Waals surface area contributed by atoms with Crippen LogP contribution in [0.1, 0.15) is 12.8 Å². The van der Waals surface area contributed by atoms with Gasteiger partial charge in [0.2, 0.25) is 9.84 Å². The quantitative estimate of drug-likeness (QED) is 0.598. The van der Waals surface area contributed by atoms with E-state index in [9.17, 15) is 12.8 Å². The van der Waals surface area contributed by atoms with Crippen molar-refractivity contribution < 1.29 is 12.8 Å². The normalized spacial score (nSPS) is 16.5. The molecule has 0 atom stereocenters. The Morgan fingerprint density at radius 2 is 1.93 bits per heavy atom. The smallest absolute Gasteiger partial charge is 0.223 e. The highest BCUT2D eigenvalue weighted by Crippen LogP contribution is 2.35. The third kappa shape index (κ3) is 3.68. The zero-order chi connectivity index (χ0) is 19.9. The monoisotopic (exact) mass is 465 g/mol. The van der Waals surface area contributed by atoms with Gasteiger partial charge in [-0.3, -0.25) is 0 Å². The van der Waals surface area contributed by atoms with Crippen molar-refractivity contribution in [1.29, 1.82) is 0 Å². The highest BCUT2D eigenvalue weighted by molar-refractivity contribution is 9.10. The Morgan fingerprint density at radius 1 is 1.18 bits per heavy atom. The van der Waals surface area contributed by atoms with E-state index in [2.05, 4.69) is 38.2 Å². The van der Waals surface area contributed by atoms with Crippen LogP contribution in [-0.2, 0) is 9.84 Å². The molecule has 1 aliphatic rings. The van der Waals surface area contributed by atoms with Crippen LogP contribution in [-0.4, -0.2) is 44.5 Å². The van der Waals surface area contributed by atoms with E-state index >= 15 is 0 Å². The summed E-state index contributed by atoms with van der Waals surface area (Å²) >= 11 is 3.33. The first-order valence-corrected chi connectivity index (χ1v) is 11.4. The molecule has 0 amide bonds. The maximum absolute atomic E-state index is 13.5. The summed E-state index contributed by atoms with van der Waals surface area (Å²) in [5, 5.41) is 3.98. The summed E-state index contributed by atoms with van der Waals surface area (Å²) in [4.78, 5) is 5.39. The van der Waals surface area contributed by atoms with E-state index in [1.807, 2.05) is 6.07 Å². The van der Waals surface area contributed by atoms with Gasteiger partial charge in [0, 0.05) is 22.6 Å². The summed E-state index contributed by atoms with van der Waals surface area (Å²) in [5.41, 5.74) is 1.35. The second-order valence-electron chi connectivity index (χ2n) is 7.21. The van der Waals surface area contributed by atoms with E-state index in [4.69, 9.17) is 0 Å². The van der Waals surface area contributed by atoms with Crippen molar-refractivity contribution in [3.8, 4) is 0 Å². The number of benzene rings is 2. The van der Waals surface area contributed by atoms with E-state index in [0.29, 0.717) is 21.4 Å². The van der Waals surface area contributed by atoms with Gasteiger partial charge in [0.15, 0.2) is 5.03 Å². The Balaban J connectivity index is 1.66. The lowest BCUT2D eigenvalue weighted by Crippen LogP contribution is -2.36. The molecule has 1 aromatic heterocycles. The predicted octanol–water partition coefficient (Wildman–Crippen LogP) is 4.41. The largest absolute Gasteiger partial charge is 0.382 e. The Morgan fingerprint density at radius 3 is 2.68 bits per heavy atom. The van der Waals surface area contributed by atoms with Crippen molar-refractivity contribution >= 4 is 42.4 Å². The number of hydrogen-bond acceptors (Lipinski definition) is 4. The van der Waals surface area contributed by atoms with E-state index in [0.717, 1.165) is 31.6 Å². The first-order valence-electron chi connectivity index (χ1n) is 9.11. The van der Waals surface area contributed by atoms with Crippen molar-refractivity contribution in [3.05, 3.63) is 52.8 Å². The number of fused-ring (bicyclic) bond motifs is 1. The first kappa shape index (κ1) is 19.4. The fourth-order valence-corrected chi connectivity index (χ4v) is 5.98. The number of H-pyrrole nitrogens is 1. The van der Waals surface area contributed by atoms with E-state index in [1.54, 1.807) is 18.2 Å². The molecule has 1 aliphatic heterocycles. The number of nitrogens with zero attached hydrogens (tertiary/aromatic N) is 1. The molecule has 148 valence electrons. The minimum atomic E-state index is -3.79. The molecule has 1 fully saturated rings. The summed E-state index contributed by atoms with van der Waals surface area (Å²) in [6.07, 6.45) is 2.04. The molecule has 2 N–H and O–H groups in total. The molecule has 0 aliphatic carbocycles. The number of rotatable bonds is 4. The number of hydrogen-bond donors (Lipinski definition) is 2. The van der Waals surface area contributed by atoms with Crippen LogP contribution in [0.25, 0.3) is 10.9 Å². The maximum Gasteiger partial charge on any atom is 0.223 e. The molecular weight excluding hydrogens is 445 g/mol. The lowest BCUT2D eigenvalue weighted by atomic mass is 10.1. The lowest BCUT2D eigenvalue weighted by molar-refractivity contribution is 0.264. The Bertz CT molecular complexity index is 1120. The Kier molecular flexibility index (Phi) is 5.20. The molecule has 4 rings (SSSR count). The number of likely N-dealkylation sites (tertiary alicyclic amines) is 1. The van der Waals surface area contributed by atoms with Crippen LogP contribution in [0.2, 0.25) is 0 Å². The van der Waals surface area contributed by atoms with Crippen molar-refractivity contribution in [1.82, 2.24) is 9.88 Å². The van der Waals surface area contributed by atoms with Crippen LogP contribution in [0, 0.1) is 5.82 Å². The third-order valence-electron chi connectivity index (χ3n) is 5.17. The van der Waals surface area contributed by atoms with Crippen molar-refractivity contribution in [2.75, 3.05) is 25.5 Å². The molecule has 0 unspecified atom stereocenters. The average molecular weight is 466 g/mol. The van der Waals surface area contributed by atoms with Crippen molar-refractivity contribution in [3.63, 3.8) is 0 Å². The fourth-order valence-electron chi connectivity index (χ4n) is 3.55. The highest BCUT2D eigenvalue weighted by atomic mass is 79.9. The minimum absolute atomic E-state index is 0.0320. The van der Waals surface area contributed by atoms with Gasteiger partial charge in [0.05, 0.1) is 9.37 Å². The zero-order valence-electron chi connectivity index (χ0n) is 15.4. The van der Waals surface area contributed by atoms with Gasteiger partial charge in [0.25, 0.3) is 0 Å². The average Bonchev–Trinajstić information content (AvgIpc) is 3.01. The highest BCUT2D eigenvalue weighted by Gasteiger charge is 2.25. The van der Waals surface area contributed by atoms with Crippen molar-refractivity contribution in [2.24, 2.45) is 0 Å². The van der Waals surface area contributed by atoms with E-state index < -0.39 is 15.7 Å². The minimum Gasteiger partial charge on any atom is -0.382 e. The predicted molar refractivity (Wildman–Crippen MR) is 112 cm³/mol. The Hall–Kier alpha value is -1.90. The van der Waals surface area contributed by atoms with Crippen LogP contribution < -0.4 is 5.32 Å². The summed E-state index contributed by atoms with van der Waals surface area (Å²) in [7, 11) is -1.68. The molecule has 8 heteroatoms. The molecule has 0 bridgehead atoms. The van der Waals surface area contributed by atoms with Crippen LogP contribution >= 0.6 is 15.9 Å². The molecule has 2 heterocycles. The Labute approximate surface area is 172 Å². The van der Waals surface area contributed by atoms with Gasteiger partial charge in [-0.15, -0.1) is 0 Å².